The van der Waals surface area contributed by atoms with Crippen LogP contribution in [0.1, 0.15) is 40.0 Å². The molecule has 0 unspecified atom stereocenters. The van der Waals surface area contributed by atoms with Crippen molar-refractivity contribution in [2.45, 2.75) is 37.5 Å². The number of carbonyl (C=O) groups excluding carboxylic acids is 3. The first kappa shape index (κ1) is 22.7. The van der Waals surface area contributed by atoms with Crippen LogP contribution in [0.5, 0.6) is 5.75 Å². The van der Waals surface area contributed by atoms with E-state index in [2.05, 4.69) is 5.32 Å². The molecule has 1 saturated heterocycles. The first-order chi connectivity index (χ1) is 15.9. The van der Waals surface area contributed by atoms with E-state index in [0.29, 0.717) is 29.8 Å². The molecular formula is C24H25FN2O6. The Morgan fingerprint density at radius 2 is 2.03 bits per heavy atom. The second-order valence-corrected chi connectivity index (χ2v) is 8.12. The number of anilines is 1. The van der Waals surface area contributed by atoms with Crippen molar-refractivity contribution in [3.8, 4) is 5.75 Å². The second kappa shape index (κ2) is 9.58. The van der Waals surface area contributed by atoms with Crippen LogP contribution in [0.3, 0.4) is 0 Å². The average Bonchev–Trinajstić information content (AvgIpc) is 2.81. The number of nitrogens with zero attached hydrogens (tertiary/aromatic N) is 1. The number of rotatable bonds is 4. The Labute approximate surface area is 190 Å². The Balaban J connectivity index is 1.52. The highest BCUT2D eigenvalue weighted by atomic mass is 19.1. The smallest absolute Gasteiger partial charge is 0.308 e. The summed E-state index contributed by atoms with van der Waals surface area (Å²) in [6.45, 7) is 0.210. The maximum atomic E-state index is 13.4. The van der Waals surface area contributed by atoms with Crippen LogP contribution in [-0.2, 0) is 14.3 Å². The van der Waals surface area contributed by atoms with Gasteiger partial charge in [0.2, 0.25) is 0 Å². The van der Waals surface area contributed by atoms with Gasteiger partial charge >= 0.3 is 5.97 Å². The molecule has 2 aromatic carbocycles. The Morgan fingerprint density at radius 1 is 1.21 bits per heavy atom. The maximum absolute atomic E-state index is 13.4. The van der Waals surface area contributed by atoms with Gasteiger partial charge in [0.05, 0.1) is 31.2 Å². The number of hydrogen-bond acceptors (Lipinski definition) is 6. The van der Waals surface area contributed by atoms with Gasteiger partial charge in [0.1, 0.15) is 24.3 Å². The lowest BCUT2D eigenvalue weighted by atomic mass is 9.94. The molecule has 2 heterocycles. The summed E-state index contributed by atoms with van der Waals surface area (Å²) in [7, 11) is 3.04. The lowest BCUT2D eigenvalue weighted by molar-refractivity contribution is -0.151. The summed E-state index contributed by atoms with van der Waals surface area (Å²) in [4.78, 5) is 39.0. The van der Waals surface area contributed by atoms with E-state index >= 15 is 0 Å². The standard InChI is InChI=1S/C24H25FN2O6/c1-27-19-8-7-17(12-22(28)31-2)33-21(19)13-32-20-9-6-16(11-18(20)24(27)30)26-23(29)14-4-3-5-15(25)10-14/h3-6,9-11,17,19,21H,7-8,12-13H2,1-2H3,(H,26,29)/t17-,19+,21+/m1/s1. The molecule has 2 aromatic rings. The third kappa shape index (κ3) is 4.98. The minimum atomic E-state index is -0.510. The topological polar surface area (TPSA) is 94.2 Å². The summed E-state index contributed by atoms with van der Waals surface area (Å²) in [5.41, 5.74) is 0.873. The van der Waals surface area contributed by atoms with Crippen molar-refractivity contribution in [3.63, 3.8) is 0 Å². The highest BCUT2D eigenvalue weighted by Crippen LogP contribution is 2.32. The predicted molar refractivity (Wildman–Crippen MR) is 117 cm³/mol. The molecule has 0 radical (unpaired) electrons. The molecule has 0 bridgehead atoms. The Kier molecular flexibility index (Phi) is 6.60. The molecule has 2 aliphatic heterocycles. The lowest BCUT2D eigenvalue weighted by Gasteiger charge is -2.42. The number of ether oxygens (including phenoxy) is 3. The normalized spacial score (nSPS) is 22.2. The Bertz CT molecular complexity index is 1070. The number of hydrogen-bond donors (Lipinski definition) is 1. The van der Waals surface area contributed by atoms with E-state index in [1.807, 2.05) is 0 Å². The Morgan fingerprint density at radius 3 is 2.79 bits per heavy atom. The summed E-state index contributed by atoms with van der Waals surface area (Å²) >= 11 is 0. The van der Waals surface area contributed by atoms with Crippen molar-refractivity contribution < 1.29 is 33.0 Å². The highest BCUT2D eigenvalue weighted by molar-refractivity contribution is 6.05. The van der Waals surface area contributed by atoms with Crippen molar-refractivity contribution in [3.05, 3.63) is 59.4 Å². The third-order valence-corrected chi connectivity index (χ3v) is 5.98. The van der Waals surface area contributed by atoms with Crippen LogP contribution in [0.15, 0.2) is 42.5 Å². The summed E-state index contributed by atoms with van der Waals surface area (Å²) in [6.07, 6.45) is 0.753. The van der Waals surface area contributed by atoms with E-state index in [-0.39, 0.29) is 48.7 Å². The van der Waals surface area contributed by atoms with Gasteiger partial charge in [-0.15, -0.1) is 0 Å². The van der Waals surface area contributed by atoms with Crippen molar-refractivity contribution in [2.24, 2.45) is 0 Å². The molecule has 33 heavy (non-hydrogen) atoms. The molecule has 2 amide bonds. The zero-order valence-corrected chi connectivity index (χ0v) is 18.4. The van der Waals surface area contributed by atoms with Crippen LogP contribution in [0.25, 0.3) is 0 Å². The van der Waals surface area contributed by atoms with Gasteiger partial charge in [0.15, 0.2) is 0 Å². The predicted octanol–water partition coefficient (Wildman–Crippen LogP) is 3.02. The Hall–Kier alpha value is -3.46. The minimum absolute atomic E-state index is 0.155. The highest BCUT2D eigenvalue weighted by Gasteiger charge is 2.39. The SMILES string of the molecule is COC(=O)C[C@H]1CC[C@H]2[C@H](COc3ccc(NC(=O)c4cccc(F)c4)cc3C(=O)N2C)O1. The van der Waals surface area contributed by atoms with Crippen LogP contribution in [-0.4, -0.2) is 61.7 Å². The molecule has 0 saturated carbocycles. The van der Waals surface area contributed by atoms with Gasteiger partial charge in [-0.25, -0.2) is 4.39 Å². The fraction of sp³-hybridized carbons (Fsp3) is 0.375. The van der Waals surface area contributed by atoms with Crippen molar-refractivity contribution in [1.29, 1.82) is 0 Å². The summed E-state index contributed by atoms with van der Waals surface area (Å²) in [5.74, 6) is -1.24. The van der Waals surface area contributed by atoms with E-state index in [1.54, 1.807) is 30.1 Å². The molecule has 1 N–H and O–H groups in total. The first-order valence-electron chi connectivity index (χ1n) is 10.7. The van der Waals surface area contributed by atoms with E-state index in [0.717, 1.165) is 6.07 Å². The van der Waals surface area contributed by atoms with Gasteiger partial charge in [-0.2, -0.15) is 0 Å². The fourth-order valence-corrected chi connectivity index (χ4v) is 4.21. The van der Waals surface area contributed by atoms with Crippen LogP contribution >= 0.6 is 0 Å². The number of nitrogens with one attached hydrogen (secondary N) is 1. The van der Waals surface area contributed by atoms with Gasteiger partial charge in [-0.3, -0.25) is 14.4 Å². The largest absolute Gasteiger partial charge is 0.490 e. The number of halogens is 1. The fourth-order valence-electron chi connectivity index (χ4n) is 4.21. The van der Waals surface area contributed by atoms with Crippen molar-refractivity contribution >= 4 is 23.5 Å². The molecule has 9 heteroatoms. The molecule has 0 aliphatic carbocycles. The quantitative estimate of drug-likeness (QED) is 0.711. The first-order valence-corrected chi connectivity index (χ1v) is 10.7. The molecule has 8 nitrogen and oxygen atoms in total. The van der Waals surface area contributed by atoms with Crippen molar-refractivity contribution in [1.82, 2.24) is 4.90 Å². The summed E-state index contributed by atoms with van der Waals surface area (Å²) < 4.78 is 30.1. The molecular weight excluding hydrogens is 431 g/mol. The summed E-state index contributed by atoms with van der Waals surface area (Å²) in [5, 5.41) is 2.69. The minimum Gasteiger partial charge on any atom is -0.490 e. The molecule has 0 spiro atoms. The molecule has 174 valence electrons. The number of carbonyl (C=O) groups is 3. The van der Waals surface area contributed by atoms with Crippen molar-refractivity contribution in [2.75, 3.05) is 26.1 Å². The molecule has 2 aliphatic rings. The van der Waals surface area contributed by atoms with Gasteiger partial charge < -0.3 is 24.4 Å². The number of likely N-dealkylation sites (N-methyl/N-ethyl adjacent to an activating group) is 1. The van der Waals surface area contributed by atoms with E-state index in [4.69, 9.17) is 14.2 Å². The van der Waals surface area contributed by atoms with Gasteiger partial charge in [-0.05, 0) is 49.2 Å². The number of fused-ring (bicyclic) bond motifs is 2. The second-order valence-electron chi connectivity index (χ2n) is 8.12. The number of amides is 2. The molecule has 3 atom stereocenters. The lowest BCUT2D eigenvalue weighted by Crippen LogP contribution is -2.53. The molecule has 4 rings (SSSR count). The third-order valence-electron chi connectivity index (χ3n) is 5.98. The van der Waals surface area contributed by atoms with Crippen LogP contribution in [0.2, 0.25) is 0 Å². The number of esters is 1. The van der Waals surface area contributed by atoms with Crippen LogP contribution < -0.4 is 10.1 Å². The summed E-state index contributed by atoms with van der Waals surface area (Å²) in [6, 6.07) is 9.91. The number of benzene rings is 2. The van der Waals surface area contributed by atoms with Gasteiger partial charge in [-0.1, -0.05) is 6.07 Å². The molecule has 0 aromatic heterocycles. The molecule has 1 fully saturated rings. The van der Waals surface area contributed by atoms with Gasteiger partial charge in [0.25, 0.3) is 11.8 Å². The maximum Gasteiger partial charge on any atom is 0.308 e. The average molecular weight is 456 g/mol. The zero-order chi connectivity index (χ0) is 23.5. The zero-order valence-electron chi connectivity index (χ0n) is 18.4. The van der Waals surface area contributed by atoms with Crippen LogP contribution in [0, 0.1) is 5.82 Å². The monoisotopic (exact) mass is 456 g/mol. The van der Waals surface area contributed by atoms with E-state index in [9.17, 15) is 18.8 Å². The van der Waals surface area contributed by atoms with Gasteiger partial charge in [0, 0.05) is 18.3 Å². The van der Waals surface area contributed by atoms with Crippen LogP contribution in [0.4, 0.5) is 10.1 Å². The number of methoxy groups -OCH3 is 1. The van der Waals surface area contributed by atoms with E-state index < -0.39 is 11.7 Å². The van der Waals surface area contributed by atoms with E-state index in [1.165, 1.54) is 25.3 Å².